The third-order valence-electron chi connectivity index (χ3n) is 4.93. The topological polar surface area (TPSA) is 90.5 Å². The summed E-state index contributed by atoms with van der Waals surface area (Å²) >= 11 is 0. The van der Waals surface area contributed by atoms with E-state index in [1.807, 2.05) is 13.0 Å². The van der Waals surface area contributed by atoms with E-state index in [0.717, 1.165) is 17.7 Å². The first kappa shape index (κ1) is 24.4. The third-order valence-corrected chi connectivity index (χ3v) is 4.93. The number of hydrogen-bond acceptors (Lipinski definition) is 3. The highest BCUT2D eigenvalue weighted by Gasteiger charge is 2.28. The molecule has 4 amide bonds. The molecule has 3 rings (SSSR count). The minimum absolute atomic E-state index is 0.214. The van der Waals surface area contributed by atoms with Crippen LogP contribution in [0, 0.1) is 18.6 Å². The summed E-state index contributed by atoms with van der Waals surface area (Å²) in [6, 6.07) is 16.7. The summed E-state index contributed by atoms with van der Waals surface area (Å²) in [4.78, 5) is 39.3. The summed E-state index contributed by atoms with van der Waals surface area (Å²) in [7, 11) is 0. The number of rotatable bonds is 7. The van der Waals surface area contributed by atoms with Crippen molar-refractivity contribution in [3.05, 3.63) is 90.0 Å². The SMILES string of the molecule is Cc1cccc(NC(=O)NCC(=O)N(c2ccccc2)C(C)C(=O)Nc2ccc(F)cc2F)c1. The van der Waals surface area contributed by atoms with Crippen LogP contribution in [0.3, 0.4) is 0 Å². The van der Waals surface area contributed by atoms with Gasteiger partial charge in [0.1, 0.15) is 17.7 Å². The second kappa shape index (κ2) is 11.0. The largest absolute Gasteiger partial charge is 0.329 e. The van der Waals surface area contributed by atoms with Gasteiger partial charge in [-0.1, -0.05) is 30.3 Å². The van der Waals surface area contributed by atoms with E-state index in [9.17, 15) is 23.2 Å². The highest BCUT2D eigenvalue weighted by atomic mass is 19.1. The predicted molar refractivity (Wildman–Crippen MR) is 127 cm³/mol. The van der Waals surface area contributed by atoms with E-state index in [4.69, 9.17) is 0 Å². The lowest BCUT2D eigenvalue weighted by Crippen LogP contribution is -2.50. The van der Waals surface area contributed by atoms with Crippen molar-refractivity contribution < 1.29 is 23.2 Å². The van der Waals surface area contributed by atoms with Gasteiger partial charge in [0.15, 0.2) is 0 Å². The number of anilines is 3. The Bertz CT molecular complexity index is 1190. The first-order valence-electron chi connectivity index (χ1n) is 10.5. The normalized spacial score (nSPS) is 11.3. The molecule has 3 aromatic carbocycles. The van der Waals surface area contributed by atoms with E-state index in [2.05, 4.69) is 16.0 Å². The summed E-state index contributed by atoms with van der Waals surface area (Å²) in [5, 5.41) is 7.50. The number of amides is 4. The van der Waals surface area contributed by atoms with Crippen molar-refractivity contribution in [2.45, 2.75) is 19.9 Å². The third kappa shape index (κ3) is 6.38. The van der Waals surface area contributed by atoms with E-state index in [-0.39, 0.29) is 5.69 Å². The van der Waals surface area contributed by atoms with Crippen LogP contribution in [0.5, 0.6) is 0 Å². The maximum Gasteiger partial charge on any atom is 0.319 e. The predicted octanol–water partition coefficient (Wildman–Crippen LogP) is 4.46. The lowest BCUT2D eigenvalue weighted by Gasteiger charge is -2.29. The van der Waals surface area contributed by atoms with Crippen LogP contribution in [0.15, 0.2) is 72.8 Å². The van der Waals surface area contributed by atoms with Crippen molar-refractivity contribution in [1.29, 1.82) is 0 Å². The first-order chi connectivity index (χ1) is 16.2. The molecule has 0 aromatic heterocycles. The molecule has 0 spiro atoms. The molecule has 0 radical (unpaired) electrons. The lowest BCUT2D eigenvalue weighted by atomic mass is 10.2. The maximum absolute atomic E-state index is 14.0. The molecular weight excluding hydrogens is 442 g/mol. The Morgan fingerprint density at radius 2 is 1.65 bits per heavy atom. The van der Waals surface area contributed by atoms with Gasteiger partial charge in [0.25, 0.3) is 0 Å². The molecule has 0 saturated heterocycles. The van der Waals surface area contributed by atoms with Gasteiger partial charge in [-0.05, 0) is 55.8 Å². The van der Waals surface area contributed by atoms with Crippen molar-refractivity contribution in [2.24, 2.45) is 0 Å². The molecule has 176 valence electrons. The van der Waals surface area contributed by atoms with Crippen molar-refractivity contribution in [1.82, 2.24) is 5.32 Å². The summed E-state index contributed by atoms with van der Waals surface area (Å²) in [5.41, 5.74) is 1.73. The molecule has 7 nitrogen and oxygen atoms in total. The Morgan fingerprint density at radius 1 is 0.912 bits per heavy atom. The number of para-hydroxylation sites is 1. The fourth-order valence-electron chi connectivity index (χ4n) is 3.26. The quantitative estimate of drug-likeness (QED) is 0.480. The minimum Gasteiger partial charge on any atom is -0.329 e. The number of halogens is 2. The monoisotopic (exact) mass is 466 g/mol. The Morgan fingerprint density at radius 3 is 2.32 bits per heavy atom. The second-order valence-corrected chi connectivity index (χ2v) is 7.57. The Hall–Kier alpha value is -4.27. The molecule has 1 unspecified atom stereocenters. The van der Waals surface area contributed by atoms with Gasteiger partial charge in [0, 0.05) is 17.4 Å². The van der Waals surface area contributed by atoms with Crippen LogP contribution in [-0.4, -0.2) is 30.4 Å². The van der Waals surface area contributed by atoms with Crippen LogP contribution in [0.25, 0.3) is 0 Å². The van der Waals surface area contributed by atoms with Crippen molar-refractivity contribution in [2.75, 3.05) is 22.1 Å². The molecule has 0 aliphatic rings. The highest BCUT2D eigenvalue weighted by Crippen LogP contribution is 2.20. The van der Waals surface area contributed by atoms with Gasteiger partial charge in [-0.15, -0.1) is 0 Å². The molecule has 1 atom stereocenters. The fourth-order valence-corrected chi connectivity index (χ4v) is 3.26. The highest BCUT2D eigenvalue weighted by molar-refractivity contribution is 6.06. The second-order valence-electron chi connectivity index (χ2n) is 7.57. The van der Waals surface area contributed by atoms with Crippen LogP contribution in [0.4, 0.5) is 30.6 Å². The van der Waals surface area contributed by atoms with Crippen LogP contribution in [0.1, 0.15) is 12.5 Å². The summed E-state index contributed by atoms with van der Waals surface area (Å²) in [6.07, 6.45) is 0. The van der Waals surface area contributed by atoms with Crippen LogP contribution in [0.2, 0.25) is 0 Å². The molecule has 0 bridgehead atoms. The number of urea groups is 1. The zero-order valence-corrected chi connectivity index (χ0v) is 18.6. The molecule has 0 aliphatic heterocycles. The van der Waals surface area contributed by atoms with E-state index in [0.29, 0.717) is 17.4 Å². The lowest BCUT2D eigenvalue weighted by molar-refractivity contribution is -0.122. The van der Waals surface area contributed by atoms with Gasteiger partial charge in [-0.3, -0.25) is 14.5 Å². The van der Waals surface area contributed by atoms with E-state index < -0.39 is 42.1 Å². The summed E-state index contributed by atoms with van der Waals surface area (Å²) < 4.78 is 27.1. The molecule has 0 saturated carbocycles. The minimum atomic E-state index is -1.07. The maximum atomic E-state index is 14.0. The fraction of sp³-hybridized carbons (Fsp3) is 0.160. The summed E-state index contributed by atoms with van der Waals surface area (Å²) in [6.45, 7) is 2.96. The zero-order chi connectivity index (χ0) is 24.7. The van der Waals surface area contributed by atoms with Gasteiger partial charge in [0.05, 0.1) is 12.2 Å². The Balaban J connectivity index is 1.71. The molecule has 34 heavy (non-hydrogen) atoms. The van der Waals surface area contributed by atoms with Crippen molar-refractivity contribution in [3.8, 4) is 0 Å². The van der Waals surface area contributed by atoms with Gasteiger partial charge < -0.3 is 16.0 Å². The molecule has 3 N–H and O–H groups in total. The number of carbonyl (C=O) groups excluding carboxylic acids is 3. The Kier molecular flexibility index (Phi) is 7.92. The average Bonchev–Trinajstić information content (AvgIpc) is 2.80. The van der Waals surface area contributed by atoms with Gasteiger partial charge >= 0.3 is 6.03 Å². The van der Waals surface area contributed by atoms with Crippen LogP contribution in [-0.2, 0) is 9.59 Å². The van der Waals surface area contributed by atoms with Gasteiger partial charge in [-0.2, -0.15) is 0 Å². The number of carbonyl (C=O) groups is 3. The van der Waals surface area contributed by atoms with Crippen molar-refractivity contribution >= 4 is 34.9 Å². The molecule has 9 heteroatoms. The molecule has 0 heterocycles. The zero-order valence-electron chi connectivity index (χ0n) is 18.6. The Labute approximate surface area is 195 Å². The standard InChI is InChI=1S/C25H24F2N4O3/c1-16-7-6-8-19(13-16)29-25(34)28-15-23(32)31(20-9-4-3-5-10-20)17(2)24(33)30-22-12-11-18(26)14-21(22)27/h3-14,17H,15H2,1-2H3,(H,30,33)(H2,28,29,34). The number of nitrogens with zero attached hydrogens (tertiary/aromatic N) is 1. The van der Waals surface area contributed by atoms with E-state index >= 15 is 0 Å². The van der Waals surface area contributed by atoms with Crippen LogP contribution < -0.4 is 20.9 Å². The number of nitrogens with one attached hydrogen (secondary N) is 3. The number of hydrogen-bond donors (Lipinski definition) is 3. The molecule has 0 aliphatic carbocycles. The van der Waals surface area contributed by atoms with E-state index in [1.54, 1.807) is 48.5 Å². The first-order valence-corrected chi connectivity index (χ1v) is 10.5. The molecule has 0 fully saturated rings. The van der Waals surface area contributed by atoms with Crippen molar-refractivity contribution in [3.63, 3.8) is 0 Å². The molecule has 3 aromatic rings. The van der Waals surface area contributed by atoms with Gasteiger partial charge in [-0.25, -0.2) is 13.6 Å². The number of benzene rings is 3. The molecular formula is C25H24F2N4O3. The van der Waals surface area contributed by atoms with Crippen LogP contribution >= 0.6 is 0 Å². The average molecular weight is 466 g/mol. The smallest absolute Gasteiger partial charge is 0.319 e. The van der Waals surface area contributed by atoms with Gasteiger partial charge in [0.2, 0.25) is 11.8 Å². The summed E-state index contributed by atoms with van der Waals surface area (Å²) in [5.74, 6) is -2.97. The number of aryl methyl sites for hydroxylation is 1. The van der Waals surface area contributed by atoms with E-state index in [1.165, 1.54) is 11.8 Å².